The lowest BCUT2D eigenvalue weighted by molar-refractivity contribution is 0.595. The lowest BCUT2D eigenvalue weighted by Gasteiger charge is -2.17. The number of fused-ring (bicyclic) bond motifs is 1. The Hall–Kier alpha value is -0.520. The predicted octanol–water partition coefficient (Wildman–Crippen LogP) is 1.37. The highest BCUT2D eigenvalue weighted by molar-refractivity contribution is 8.00. The van der Waals surface area contributed by atoms with Crippen LogP contribution in [-0.2, 0) is 16.4 Å². The largest absolute Gasteiger partial charge is 0.239 e. The summed E-state index contributed by atoms with van der Waals surface area (Å²) in [4.78, 5) is 1.13. The zero-order valence-corrected chi connectivity index (χ0v) is 9.20. The minimum atomic E-state index is -3.57. The number of rotatable bonds is 1. The van der Waals surface area contributed by atoms with Gasteiger partial charge in [-0.1, -0.05) is 12.1 Å². The Morgan fingerprint density at radius 1 is 1.36 bits per heavy atom. The molecule has 1 aliphatic heterocycles. The first-order valence-corrected chi connectivity index (χ1v) is 6.90. The van der Waals surface area contributed by atoms with Gasteiger partial charge in [0.25, 0.3) is 0 Å². The average Bonchev–Trinajstić information content (AvgIpc) is 2.15. The fourth-order valence-corrected chi connectivity index (χ4v) is 3.82. The molecule has 3 nitrogen and oxygen atoms in total. The number of nitrogens with two attached hydrogens (primary N) is 1. The molecule has 1 aliphatic rings. The monoisotopic (exact) mass is 229 g/mol. The summed E-state index contributed by atoms with van der Waals surface area (Å²) in [5.41, 5.74) is 1.10. The molecule has 0 amide bonds. The van der Waals surface area contributed by atoms with E-state index in [1.54, 1.807) is 23.9 Å². The van der Waals surface area contributed by atoms with Gasteiger partial charge in [-0.05, 0) is 30.2 Å². The smallest absolute Gasteiger partial charge is 0.225 e. The van der Waals surface area contributed by atoms with Crippen molar-refractivity contribution in [2.45, 2.75) is 22.6 Å². The van der Waals surface area contributed by atoms with E-state index in [0.717, 1.165) is 29.1 Å². The van der Waals surface area contributed by atoms with Crippen LogP contribution in [-0.4, -0.2) is 14.2 Å². The maximum atomic E-state index is 11.3. The molecule has 1 aromatic carbocycles. The van der Waals surface area contributed by atoms with Gasteiger partial charge in [0.2, 0.25) is 10.0 Å². The number of benzene rings is 1. The second-order valence-corrected chi connectivity index (χ2v) is 5.88. The van der Waals surface area contributed by atoms with Gasteiger partial charge in [0.05, 0.1) is 4.90 Å². The van der Waals surface area contributed by atoms with Crippen molar-refractivity contribution < 1.29 is 8.42 Å². The van der Waals surface area contributed by atoms with Crippen LogP contribution in [0.1, 0.15) is 12.0 Å². The van der Waals surface area contributed by atoms with Crippen LogP contribution in [0.15, 0.2) is 28.0 Å². The van der Waals surface area contributed by atoms with E-state index in [9.17, 15) is 8.42 Å². The number of hydrogen-bond acceptors (Lipinski definition) is 3. The van der Waals surface area contributed by atoms with E-state index in [0.29, 0.717) is 0 Å². The van der Waals surface area contributed by atoms with E-state index >= 15 is 0 Å². The molecular weight excluding hydrogens is 218 g/mol. The van der Waals surface area contributed by atoms with Crippen LogP contribution in [0.4, 0.5) is 0 Å². The number of sulfonamides is 1. The molecule has 0 atom stereocenters. The molecule has 76 valence electrons. The summed E-state index contributed by atoms with van der Waals surface area (Å²) in [5.74, 6) is 0.972. The fraction of sp³-hybridized carbons (Fsp3) is 0.333. The third-order valence-corrected chi connectivity index (χ3v) is 4.55. The second-order valence-electron chi connectivity index (χ2n) is 3.24. The minimum absolute atomic E-state index is 0.278. The van der Waals surface area contributed by atoms with E-state index < -0.39 is 10.0 Å². The van der Waals surface area contributed by atoms with Gasteiger partial charge < -0.3 is 0 Å². The Balaban J connectivity index is 2.62. The quantitative estimate of drug-likeness (QED) is 0.791. The standard InChI is InChI=1S/C9H11NO2S2/c10-14(11,12)8-5-1-3-7-4-2-6-13-9(7)8/h1,3,5H,2,4,6H2,(H2,10,11,12). The van der Waals surface area contributed by atoms with Gasteiger partial charge in [-0.2, -0.15) is 0 Å². The molecule has 0 bridgehead atoms. The van der Waals surface area contributed by atoms with Gasteiger partial charge in [0, 0.05) is 4.90 Å². The number of hydrogen-bond donors (Lipinski definition) is 1. The highest BCUT2D eigenvalue weighted by Crippen LogP contribution is 2.34. The molecule has 2 N–H and O–H groups in total. The van der Waals surface area contributed by atoms with Gasteiger partial charge >= 0.3 is 0 Å². The molecular formula is C9H11NO2S2. The van der Waals surface area contributed by atoms with Crippen LogP contribution in [0.25, 0.3) is 0 Å². The van der Waals surface area contributed by atoms with Crippen molar-refractivity contribution in [2.75, 3.05) is 5.75 Å². The molecule has 0 radical (unpaired) electrons. The third-order valence-electron chi connectivity index (χ3n) is 2.20. The Morgan fingerprint density at radius 2 is 2.14 bits per heavy atom. The van der Waals surface area contributed by atoms with Crippen molar-refractivity contribution >= 4 is 21.8 Å². The number of primary sulfonamides is 1. The van der Waals surface area contributed by atoms with Crippen LogP contribution >= 0.6 is 11.8 Å². The number of aryl methyl sites for hydroxylation is 1. The second kappa shape index (κ2) is 3.56. The van der Waals surface area contributed by atoms with Crippen molar-refractivity contribution in [3.8, 4) is 0 Å². The molecule has 5 heteroatoms. The molecule has 0 aromatic heterocycles. The highest BCUT2D eigenvalue weighted by Gasteiger charge is 2.19. The molecule has 0 saturated heterocycles. The van der Waals surface area contributed by atoms with Crippen LogP contribution in [0.5, 0.6) is 0 Å². The van der Waals surface area contributed by atoms with Crippen LogP contribution in [0.2, 0.25) is 0 Å². The minimum Gasteiger partial charge on any atom is -0.225 e. The van der Waals surface area contributed by atoms with Crippen molar-refractivity contribution in [1.82, 2.24) is 0 Å². The third kappa shape index (κ3) is 1.80. The lowest BCUT2D eigenvalue weighted by Crippen LogP contribution is -2.15. The molecule has 0 spiro atoms. The first-order chi connectivity index (χ1) is 6.59. The van der Waals surface area contributed by atoms with Gasteiger partial charge in [-0.25, -0.2) is 13.6 Å². The van der Waals surface area contributed by atoms with E-state index in [-0.39, 0.29) is 4.90 Å². The van der Waals surface area contributed by atoms with E-state index in [2.05, 4.69) is 0 Å². The van der Waals surface area contributed by atoms with Crippen molar-refractivity contribution in [2.24, 2.45) is 5.14 Å². The van der Waals surface area contributed by atoms with Crippen LogP contribution in [0.3, 0.4) is 0 Å². The maximum absolute atomic E-state index is 11.3. The maximum Gasteiger partial charge on any atom is 0.239 e. The summed E-state index contributed by atoms with van der Waals surface area (Å²) in [6, 6.07) is 5.30. The Bertz CT molecular complexity index is 454. The van der Waals surface area contributed by atoms with Gasteiger partial charge in [-0.3, -0.25) is 0 Å². The predicted molar refractivity (Wildman–Crippen MR) is 56.9 cm³/mol. The molecule has 0 fully saturated rings. The van der Waals surface area contributed by atoms with Crippen LogP contribution in [0, 0.1) is 0 Å². The summed E-state index contributed by atoms with van der Waals surface area (Å²) in [7, 11) is -3.57. The molecule has 0 saturated carbocycles. The van der Waals surface area contributed by atoms with Crippen molar-refractivity contribution in [3.63, 3.8) is 0 Å². The summed E-state index contributed by atoms with van der Waals surface area (Å²) in [6.45, 7) is 0. The molecule has 14 heavy (non-hydrogen) atoms. The van der Waals surface area contributed by atoms with Gasteiger partial charge in [-0.15, -0.1) is 11.8 Å². The molecule has 1 aromatic rings. The molecule has 0 unspecified atom stereocenters. The first-order valence-electron chi connectivity index (χ1n) is 4.36. The number of thioether (sulfide) groups is 1. The van der Waals surface area contributed by atoms with E-state index in [1.165, 1.54) is 0 Å². The van der Waals surface area contributed by atoms with Gasteiger partial charge in [0.1, 0.15) is 0 Å². The summed E-state index contributed by atoms with van der Waals surface area (Å²) < 4.78 is 22.5. The van der Waals surface area contributed by atoms with Crippen molar-refractivity contribution in [1.29, 1.82) is 0 Å². The molecule has 1 heterocycles. The average molecular weight is 229 g/mol. The SMILES string of the molecule is NS(=O)(=O)c1cccc2c1SCCC2. The zero-order valence-electron chi connectivity index (χ0n) is 7.56. The molecule has 2 rings (SSSR count). The van der Waals surface area contributed by atoms with Gasteiger partial charge in [0.15, 0.2) is 0 Å². The normalized spacial score (nSPS) is 16.4. The topological polar surface area (TPSA) is 60.2 Å². The van der Waals surface area contributed by atoms with Crippen molar-refractivity contribution in [3.05, 3.63) is 23.8 Å². The summed E-state index contributed by atoms with van der Waals surface area (Å²) in [6.07, 6.45) is 2.05. The van der Waals surface area contributed by atoms with E-state index in [1.807, 2.05) is 6.07 Å². The lowest BCUT2D eigenvalue weighted by atomic mass is 10.1. The first kappa shape index (κ1) is 10.0. The Kier molecular flexibility index (Phi) is 2.55. The molecule has 0 aliphatic carbocycles. The summed E-state index contributed by atoms with van der Waals surface area (Å²) in [5, 5.41) is 5.14. The fourth-order valence-electron chi connectivity index (χ4n) is 1.58. The summed E-state index contributed by atoms with van der Waals surface area (Å²) >= 11 is 1.58. The Morgan fingerprint density at radius 3 is 2.86 bits per heavy atom. The zero-order chi connectivity index (χ0) is 10.2. The van der Waals surface area contributed by atoms with E-state index in [4.69, 9.17) is 5.14 Å². The van der Waals surface area contributed by atoms with Crippen LogP contribution < -0.4 is 5.14 Å². The Labute approximate surface area is 87.7 Å². The highest BCUT2D eigenvalue weighted by atomic mass is 32.2.